The third-order valence-electron chi connectivity index (χ3n) is 5.47. The van der Waals surface area contributed by atoms with Crippen molar-refractivity contribution < 1.29 is 19.1 Å². The highest BCUT2D eigenvalue weighted by molar-refractivity contribution is 6.30. The van der Waals surface area contributed by atoms with Crippen LogP contribution in [0.15, 0.2) is 60.8 Å². The summed E-state index contributed by atoms with van der Waals surface area (Å²) >= 11 is 5.88. The Morgan fingerprint density at radius 3 is 2.70 bits per heavy atom. The zero-order valence-electron chi connectivity index (χ0n) is 18.4. The van der Waals surface area contributed by atoms with E-state index in [1.165, 1.54) is 6.20 Å². The third kappa shape index (κ3) is 4.93. The molecule has 7 nitrogen and oxygen atoms in total. The number of anilines is 1. The summed E-state index contributed by atoms with van der Waals surface area (Å²) in [6, 6.07) is 15.7. The molecule has 1 aliphatic rings. The lowest BCUT2D eigenvalue weighted by Crippen LogP contribution is -2.32. The van der Waals surface area contributed by atoms with Crippen LogP contribution < -0.4 is 14.8 Å². The van der Waals surface area contributed by atoms with Gasteiger partial charge in [-0.1, -0.05) is 35.9 Å². The molecule has 3 aromatic rings. The lowest BCUT2D eigenvalue weighted by Gasteiger charge is -2.28. The van der Waals surface area contributed by atoms with Crippen molar-refractivity contribution in [3.8, 4) is 11.5 Å². The number of nitrogens with one attached hydrogen (secondary N) is 1. The SMILES string of the molecule is CCOc1ccc(C(CC(=O)Nc2ccc(Cl)cn2)N2Cc3ccccc3C2=O)cc1OC. The Balaban J connectivity index is 1.65. The number of ether oxygens (including phenoxy) is 2. The van der Waals surface area contributed by atoms with E-state index in [0.717, 1.165) is 11.1 Å². The Kier molecular flexibility index (Phi) is 6.79. The fraction of sp³-hybridized carbons (Fsp3) is 0.240. The molecule has 0 bridgehead atoms. The second-order valence-corrected chi connectivity index (χ2v) is 8.00. The summed E-state index contributed by atoms with van der Waals surface area (Å²) in [5.74, 6) is 1.16. The number of carbonyl (C=O) groups is 2. The molecule has 0 radical (unpaired) electrons. The number of fused-ring (bicyclic) bond motifs is 1. The number of amides is 2. The van der Waals surface area contributed by atoms with Gasteiger partial charge in [-0.2, -0.15) is 0 Å². The third-order valence-corrected chi connectivity index (χ3v) is 5.70. The molecule has 0 aliphatic carbocycles. The Bertz CT molecular complexity index is 1170. The van der Waals surface area contributed by atoms with E-state index in [1.54, 1.807) is 30.2 Å². The summed E-state index contributed by atoms with van der Waals surface area (Å²) in [4.78, 5) is 32.0. The van der Waals surface area contributed by atoms with Crippen LogP contribution in [0.2, 0.25) is 5.02 Å². The largest absolute Gasteiger partial charge is 0.493 e. The van der Waals surface area contributed by atoms with E-state index in [1.807, 2.05) is 43.3 Å². The molecule has 1 N–H and O–H groups in total. The van der Waals surface area contributed by atoms with Crippen molar-refractivity contribution in [2.45, 2.75) is 25.9 Å². The molecule has 0 fully saturated rings. The average molecular weight is 466 g/mol. The Morgan fingerprint density at radius 2 is 2.00 bits per heavy atom. The first-order chi connectivity index (χ1) is 16.0. The molecule has 33 heavy (non-hydrogen) atoms. The highest BCUT2D eigenvalue weighted by atomic mass is 35.5. The van der Waals surface area contributed by atoms with Crippen LogP contribution >= 0.6 is 11.6 Å². The monoisotopic (exact) mass is 465 g/mol. The molecule has 0 saturated heterocycles. The Hall–Kier alpha value is -3.58. The second-order valence-electron chi connectivity index (χ2n) is 7.56. The van der Waals surface area contributed by atoms with Crippen molar-refractivity contribution in [1.29, 1.82) is 0 Å². The van der Waals surface area contributed by atoms with Crippen LogP contribution in [0.3, 0.4) is 0 Å². The predicted molar refractivity (Wildman–Crippen MR) is 126 cm³/mol. The van der Waals surface area contributed by atoms with Gasteiger partial charge in [0.05, 0.1) is 31.2 Å². The topological polar surface area (TPSA) is 80.8 Å². The van der Waals surface area contributed by atoms with Crippen LogP contribution in [0, 0.1) is 0 Å². The number of hydrogen-bond donors (Lipinski definition) is 1. The summed E-state index contributed by atoms with van der Waals surface area (Å²) in [5.41, 5.74) is 2.36. The number of halogens is 1. The number of methoxy groups -OCH3 is 1. The van der Waals surface area contributed by atoms with Crippen LogP contribution in [0.25, 0.3) is 0 Å². The summed E-state index contributed by atoms with van der Waals surface area (Å²) in [6.45, 7) is 2.81. The van der Waals surface area contributed by atoms with E-state index in [9.17, 15) is 9.59 Å². The molecule has 0 saturated carbocycles. The van der Waals surface area contributed by atoms with Gasteiger partial charge in [0.2, 0.25) is 5.91 Å². The normalized spacial score (nSPS) is 13.4. The first-order valence-electron chi connectivity index (χ1n) is 10.6. The summed E-state index contributed by atoms with van der Waals surface area (Å²) < 4.78 is 11.1. The fourth-order valence-corrected chi connectivity index (χ4v) is 4.03. The maximum absolute atomic E-state index is 13.2. The number of benzene rings is 2. The number of pyridine rings is 1. The minimum Gasteiger partial charge on any atom is -0.493 e. The van der Waals surface area contributed by atoms with E-state index < -0.39 is 6.04 Å². The molecular weight excluding hydrogens is 442 g/mol. The van der Waals surface area contributed by atoms with Crippen LogP contribution in [-0.4, -0.2) is 35.4 Å². The van der Waals surface area contributed by atoms with Gasteiger partial charge in [-0.15, -0.1) is 0 Å². The first kappa shape index (κ1) is 22.6. The van der Waals surface area contributed by atoms with Crippen LogP contribution in [-0.2, 0) is 11.3 Å². The maximum atomic E-state index is 13.2. The van der Waals surface area contributed by atoms with E-state index in [2.05, 4.69) is 10.3 Å². The lowest BCUT2D eigenvalue weighted by molar-refractivity contribution is -0.117. The fourth-order valence-electron chi connectivity index (χ4n) is 3.92. The maximum Gasteiger partial charge on any atom is 0.255 e. The van der Waals surface area contributed by atoms with Gasteiger partial charge < -0.3 is 19.7 Å². The Labute approximate surface area is 197 Å². The highest BCUT2D eigenvalue weighted by Crippen LogP contribution is 2.37. The number of carbonyl (C=O) groups excluding carboxylic acids is 2. The van der Waals surface area contributed by atoms with Crippen LogP contribution in [0.4, 0.5) is 5.82 Å². The Morgan fingerprint density at radius 1 is 1.18 bits per heavy atom. The van der Waals surface area contributed by atoms with E-state index in [-0.39, 0.29) is 18.2 Å². The van der Waals surface area contributed by atoms with E-state index in [0.29, 0.717) is 41.1 Å². The summed E-state index contributed by atoms with van der Waals surface area (Å²) in [7, 11) is 1.56. The summed E-state index contributed by atoms with van der Waals surface area (Å²) in [5, 5.41) is 3.27. The zero-order valence-corrected chi connectivity index (χ0v) is 19.1. The molecule has 1 unspecified atom stereocenters. The van der Waals surface area contributed by atoms with E-state index in [4.69, 9.17) is 21.1 Å². The summed E-state index contributed by atoms with van der Waals surface area (Å²) in [6.07, 6.45) is 1.51. The molecule has 8 heteroatoms. The quantitative estimate of drug-likeness (QED) is 0.513. The van der Waals surface area contributed by atoms with Crippen molar-refractivity contribution in [2.75, 3.05) is 19.0 Å². The van der Waals surface area contributed by atoms with Crippen molar-refractivity contribution in [3.05, 3.63) is 82.5 Å². The molecule has 2 heterocycles. The van der Waals surface area contributed by atoms with Gasteiger partial charge in [0.1, 0.15) is 5.82 Å². The minimum absolute atomic E-state index is 0.0428. The van der Waals surface area contributed by atoms with Gasteiger partial charge in [0, 0.05) is 18.3 Å². The van der Waals surface area contributed by atoms with Crippen molar-refractivity contribution in [2.24, 2.45) is 0 Å². The van der Waals surface area contributed by atoms with E-state index >= 15 is 0 Å². The minimum atomic E-state index is -0.512. The van der Waals surface area contributed by atoms with Crippen molar-refractivity contribution >= 4 is 29.2 Å². The smallest absolute Gasteiger partial charge is 0.255 e. The molecule has 170 valence electrons. The zero-order chi connectivity index (χ0) is 23.4. The molecule has 2 aromatic carbocycles. The van der Waals surface area contributed by atoms with Gasteiger partial charge in [-0.25, -0.2) is 4.98 Å². The van der Waals surface area contributed by atoms with Crippen LogP contribution in [0.5, 0.6) is 11.5 Å². The standard InChI is InChI=1S/C25H24ClN3O4/c1-3-33-21-10-8-16(12-22(21)32-2)20(13-24(30)28-23-11-9-18(26)14-27-23)29-15-17-6-4-5-7-19(17)25(29)31/h4-12,14,20H,3,13,15H2,1-2H3,(H,27,28,30). The van der Waals surface area contributed by atoms with Crippen molar-refractivity contribution in [3.63, 3.8) is 0 Å². The van der Waals surface area contributed by atoms with Gasteiger partial charge in [-0.3, -0.25) is 9.59 Å². The molecule has 4 rings (SSSR count). The average Bonchev–Trinajstić information content (AvgIpc) is 3.16. The number of aromatic nitrogens is 1. The molecule has 1 aromatic heterocycles. The second kappa shape index (κ2) is 9.92. The van der Waals surface area contributed by atoms with Crippen molar-refractivity contribution in [1.82, 2.24) is 9.88 Å². The first-order valence-corrected chi connectivity index (χ1v) is 11.0. The number of hydrogen-bond acceptors (Lipinski definition) is 5. The van der Waals surface area contributed by atoms with Gasteiger partial charge in [0.25, 0.3) is 5.91 Å². The predicted octanol–water partition coefficient (Wildman–Crippen LogP) is 4.87. The number of nitrogens with zero attached hydrogens (tertiary/aromatic N) is 2. The highest BCUT2D eigenvalue weighted by Gasteiger charge is 2.35. The molecule has 1 aliphatic heterocycles. The lowest BCUT2D eigenvalue weighted by atomic mass is 10.0. The van der Waals surface area contributed by atoms with Gasteiger partial charge in [0.15, 0.2) is 11.5 Å². The molecule has 2 amide bonds. The van der Waals surface area contributed by atoms with Gasteiger partial charge >= 0.3 is 0 Å². The molecule has 0 spiro atoms. The van der Waals surface area contributed by atoms with Crippen LogP contribution in [0.1, 0.15) is 40.9 Å². The van der Waals surface area contributed by atoms with Gasteiger partial charge in [-0.05, 0) is 48.4 Å². The molecule has 1 atom stereocenters. The number of rotatable bonds is 8. The molecular formula is C25H24ClN3O4.